The topological polar surface area (TPSA) is 132 Å². The molecule has 3 heterocycles. The van der Waals surface area contributed by atoms with E-state index in [1.54, 1.807) is 4.90 Å². The van der Waals surface area contributed by atoms with Crippen LogP contribution in [0.4, 0.5) is 22.4 Å². The molecular weight excluding hydrogens is 512 g/mol. The van der Waals surface area contributed by atoms with Crippen molar-refractivity contribution in [2.75, 3.05) is 26.2 Å². The van der Waals surface area contributed by atoms with Crippen LogP contribution in [0.3, 0.4) is 0 Å². The van der Waals surface area contributed by atoms with Gasteiger partial charge >= 0.3 is 12.5 Å². The molecule has 4 rings (SSSR count). The first-order valence-electron chi connectivity index (χ1n) is 10.5. The first kappa shape index (κ1) is 25.6. The van der Waals surface area contributed by atoms with Gasteiger partial charge in [-0.3, -0.25) is 4.79 Å². The summed E-state index contributed by atoms with van der Waals surface area (Å²) in [6, 6.07) is 4.97. The lowest BCUT2D eigenvalue weighted by Crippen LogP contribution is -2.59. The standard InChI is InChI=1S/C21H20F4N4O6S/c22-16-7-15(35-21(23,24)25)3-1-14(16)9-34-19(31)28-6-5-20(10-28)11-29(12-20)18(30)13-2-4-17(27-8-13)36(26,32)33/h1-4,7-8H,5-6,9-12H2,(H2,26,32,33). The van der Waals surface area contributed by atoms with Crippen molar-refractivity contribution in [2.24, 2.45) is 10.6 Å². The second kappa shape index (κ2) is 9.20. The number of amides is 2. The van der Waals surface area contributed by atoms with Gasteiger partial charge in [0, 0.05) is 49.4 Å². The summed E-state index contributed by atoms with van der Waals surface area (Å²) in [5.74, 6) is -2.08. The van der Waals surface area contributed by atoms with E-state index in [0.29, 0.717) is 38.7 Å². The van der Waals surface area contributed by atoms with Crippen molar-refractivity contribution in [1.29, 1.82) is 0 Å². The molecule has 2 amide bonds. The zero-order valence-electron chi connectivity index (χ0n) is 18.5. The second-order valence-electron chi connectivity index (χ2n) is 8.62. The Labute approximate surface area is 202 Å². The van der Waals surface area contributed by atoms with Crippen molar-refractivity contribution < 1.29 is 45.0 Å². The number of carbonyl (C=O) groups excluding carboxylic acids is 2. The van der Waals surface area contributed by atoms with Crippen LogP contribution < -0.4 is 9.88 Å². The molecule has 194 valence electrons. The van der Waals surface area contributed by atoms with Crippen LogP contribution in [-0.4, -0.2) is 67.7 Å². The van der Waals surface area contributed by atoms with Crippen molar-refractivity contribution >= 4 is 22.0 Å². The zero-order valence-corrected chi connectivity index (χ0v) is 19.3. The summed E-state index contributed by atoms with van der Waals surface area (Å²) in [5, 5.41) is 4.64. The van der Waals surface area contributed by atoms with Gasteiger partial charge in [0.1, 0.15) is 18.2 Å². The highest BCUT2D eigenvalue weighted by atomic mass is 32.2. The molecule has 2 fully saturated rings. The van der Waals surface area contributed by atoms with Crippen LogP contribution in [0.25, 0.3) is 0 Å². The SMILES string of the molecule is NS(=O)(=O)c1ccc(C(=O)N2CC3(CCN(C(=O)OCc4ccc(OC(F)(F)F)cc4F)C3)C2)cn1. The predicted octanol–water partition coefficient (Wildman–Crippen LogP) is 2.25. The van der Waals surface area contributed by atoms with E-state index >= 15 is 0 Å². The van der Waals surface area contributed by atoms with Crippen LogP contribution in [-0.2, 0) is 21.4 Å². The van der Waals surface area contributed by atoms with Gasteiger partial charge in [0.05, 0.1) is 5.56 Å². The van der Waals surface area contributed by atoms with Gasteiger partial charge in [-0.1, -0.05) is 0 Å². The summed E-state index contributed by atoms with van der Waals surface area (Å²) < 4.78 is 82.1. The normalized spacial score (nSPS) is 17.1. The average Bonchev–Trinajstić information content (AvgIpc) is 3.21. The number of ether oxygens (including phenoxy) is 2. The fourth-order valence-electron chi connectivity index (χ4n) is 4.19. The minimum atomic E-state index is -4.96. The fourth-order valence-corrected chi connectivity index (χ4v) is 4.64. The molecule has 2 saturated heterocycles. The van der Waals surface area contributed by atoms with E-state index in [0.717, 1.165) is 24.4 Å². The van der Waals surface area contributed by atoms with E-state index in [1.165, 1.54) is 11.0 Å². The van der Waals surface area contributed by atoms with Crippen molar-refractivity contribution in [3.63, 3.8) is 0 Å². The lowest BCUT2D eigenvalue weighted by Gasteiger charge is -2.47. The Morgan fingerprint density at radius 1 is 1.11 bits per heavy atom. The molecular formula is C21H20F4N4O6S. The maximum atomic E-state index is 14.0. The van der Waals surface area contributed by atoms with E-state index in [1.807, 2.05) is 0 Å². The highest BCUT2D eigenvalue weighted by Gasteiger charge is 2.50. The third-order valence-corrected chi connectivity index (χ3v) is 6.74. The van der Waals surface area contributed by atoms with E-state index in [2.05, 4.69) is 9.72 Å². The predicted molar refractivity (Wildman–Crippen MR) is 113 cm³/mol. The summed E-state index contributed by atoms with van der Waals surface area (Å²) >= 11 is 0. The molecule has 36 heavy (non-hydrogen) atoms. The molecule has 0 aliphatic carbocycles. The zero-order chi connectivity index (χ0) is 26.3. The Hall–Kier alpha value is -3.46. The highest BCUT2D eigenvalue weighted by molar-refractivity contribution is 7.89. The van der Waals surface area contributed by atoms with Gasteiger partial charge in [-0.15, -0.1) is 13.2 Å². The molecule has 2 aliphatic heterocycles. The average molecular weight is 532 g/mol. The molecule has 2 aromatic rings. The quantitative estimate of drug-likeness (QED) is 0.584. The maximum absolute atomic E-state index is 14.0. The molecule has 0 atom stereocenters. The van der Waals surface area contributed by atoms with Gasteiger partial charge in [0.25, 0.3) is 15.9 Å². The third kappa shape index (κ3) is 5.67. The maximum Gasteiger partial charge on any atom is 0.573 e. The summed E-state index contributed by atoms with van der Waals surface area (Å²) in [7, 11) is -3.98. The minimum absolute atomic E-state index is 0.116. The molecule has 0 bridgehead atoms. The number of hydrogen-bond acceptors (Lipinski definition) is 7. The Bertz CT molecular complexity index is 1280. The van der Waals surface area contributed by atoms with Gasteiger partial charge in [-0.25, -0.2) is 27.7 Å². The lowest BCUT2D eigenvalue weighted by molar-refractivity contribution is -0.274. The van der Waals surface area contributed by atoms with Crippen LogP contribution >= 0.6 is 0 Å². The Morgan fingerprint density at radius 3 is 2.39 bits per heavy atom. The Kier molecular flexibility index (Phi) is 6.55. The number of sulfonamides is 1. The number of carbonyl (C=O) groups is 2. The number of aromatic nitrogens is 1. The summed E-state index contributed by atoms with van der Waals surface area (Å²) in [4.78, 5) is 31.7. The molecule has 0 unspecified atom stereocenters. The number of benzene rings is 1. The Balaban J connectivity index is 1.27. The summed E-state index contributed by atoms with van der Waals surface area (Å²) in [5.41, 5.74) is -0.251. The molecule has 10 nitrogen and oxygen atoms in total. The van der Waals surface area contributed by atoms with Crippen molar-refractivity contribution in [3.8, 4) is 5.75 Å². The van der Waals surface area contributed by atoms with Gasteiger partial charge < -0.3 is 19.3 Å². The Morgan fingerprint density at radius 2 is 1.81 bits per heavy atom. The molecule has 0 radical (unpaired) electrons. The molecule has 1 aromatic carbocycles. The number of nitrogens with two attached hydrogens (primary N) is 1. The smallest absolute Gasteiger partial charge is 0.444 e. The molecule has 0 saturated carbocycles. The van der Waals surface area contributed by atoms with Gasteiger partial charge in [0.2, 0.25) is 0 Å². The number of rotatable bonds is 5. The van der Waals surface area contributed by atoms with Crippen LogP contribution in [0, 0.1) is 11.2 Å². The van der Waals surface area contributed by atoms with Crippen molar-refractivity contribution in [2.45, 2.75) is 24.4 Å². The van der Waals surface area contributed by atoms with Crippen molar-refractivity contribution in [1.82, 2.24) is 14.8 Å². The second-order valence-corrected chi connectivity index (χ2v) is 10.1. The molecule has 2 aliphatic rings. The van der Waals surface area contributed by atoms with Crippen molar-refractivity contribution in [3.05, 3.63) is 53.5 Å². The summed E-state index contributed by atoms with van der Waals surface area (Å²) in [6.07, 6.45) is -3.93. The van der Waals surface area contributed by atoms with Crippen LogP contribution in [0.2, 0.25) is 0 Å². The van der Waals surface area contributed by atoms with Gasteiger partial charge in [0.15, 0.2) is 5.03 Å². The van der Waals surface area contributed by atoms with Gasteiger partial charge in [-0.2, -0.15) is 0 Å². The highest BCUT2D eigenvalue weighted by Crippen LogP contribution is 2.40. The largest absolute Gasteiger partial charge is 0.573 e. The first-order chi connectivity index (χ1) is 16.7. The monoisotopic (exact) mass is 532 g/mol. The van der Waals surface area contributed by atoms with E-state index in [4.69, 9.17) is 9.88 Å². The van der Waals surface area contributed by atoms with E-state index < -0.39 is 40.7 Å². The number of primary sulfonamides is 1. The fraction of sp³-hybridized carbons (Fsp3) is 0.381. The number of likely N-dealkylation sites (tertiary alicyclic amines) is 2. The minimum Gasteiger partial charge on any atom is -0.444 e. The molecule has 1 aromatic heterocycles. The number of nitrogens with zero attached hydrogens (tertiary/aromatic N) is 3. The number of pyridine rings is 1. The number of alkyl halides is 3. The number of halogens is 4. The summed E-state index contributed by atoms with van der Waals surface area (Å²) in [6.45, 7) is 0.904. The van der Waals surface area contributed by atoms with Crippen LogP contribution in [0.5, 0.6) is 5.75 Å². The molecule has 1 spiro atoms. The van der Waals surface area contributed by atoms with Crippen LogP contribution in [0.1, 0.15) is 22.3 Å². The third-order valence-electron chi connectivity index (χ3n) is 5.92. The lowest BCUT2D eigenvalue weighted by atomic mass is 9.79. The van der Waals surface area contributed by atoms with E-state index in [9.17, 15) is 35.6 Å². The van der Waals surface area contributed by atoms with E-state index in [-0.39, 0.29) is 27.5 Å². The molecule has 15 heteroatoms. The van der Waals surface area contributed by atoms with Gasteiger partial charge in [-0.05, 0) is 30.7 Å². The van der Waals surface area contributed by atoms with Crippen LogP contribution in [0.15, 0.2) is 41.6 Å². The molecule has 2 N–H and O–H groups in total. The first-order valence-corrected chi connectivity index (χ1v) is 12.0. The number of hydrogen-bond donors (Lipinski definition) is 1.